The molecule has 0 amide bonds. The van der Waals surface area contributed by atoms with E-state index in [-0.39, 0.29) is 5.82 Å². The molecular weight excluding hydrogens is 309 g/mol. The zero-order valence-electron chi connectivity index (χ0n) is 10.8. The normalized spacial score (nSPS) is 12.3. The van der Waals surface area contributed by atoms with E-state index in [0.29, 0.717) is 11.3 Å². The summed E-state index contributed by atoms with van der Waals surface area (Å²) in [6.07, 6.45) is 0. The van der Waals surface area contributed by atoms with E-state index in [2.05, 4.69) is 15.9 Å². The Morgan fingerprint density at radius 1 is 1.21 bits per heavy atom. The first kappa shape index (κ1) is 14.0. The molecule has 0 aromatic heterocycles. The Balaban J connectivity index is 2.45. The number of benzene rings is 2. The summed E-state index contributed by atoms with van der Waals surface area (Å²) in [6.45, 7) is 1.73. The van der Waals surface area contributed by atoms with Crippen LogP contribution in [0.4, 0.5) is 4.39 Å². The molecule has 0 saturated carbocycles. The number of methoxy groups -OCH3 is 1. The molecule has 2 aromatic rings. The molecule has 19 heavy (non-hydrogen) atoms. The maximum absolute atomic E-state index is 13.6. The van der Waals surface area contributed by atoms with Gasteiger partial charge in [0.15, 0.2) is 0 Å². The van der Waals surface area contributed by atoms with Crippen LogP contribution in [0.3, 0.4) is 0 Å². The highest BCUT2D eigenvalue weighted by Crippen LogP contribution is 2.31. The summed E-state index contributed by atoms with van der Waals surface area (Å²) in [7, 11) is 1.59. The number of ether oxygens (including phenoxy) is 1. The molecule has 0 aliphatic heterocycles. The van der Waals surface area contributed by atoms with Gasteiger partial charge in [0.1, 0.15) is 11.6 Å². The smallest absolute Gasteiger partial charge is 0.126 e. The Morgan fingerprint density at radius 3 is 2.58 bits per heavy atom. The van der Waals surface area contributed by atoms with Gasteiger partial charge in [-0.15, -0.1) is 0 Å². The maximum atomic E-state index is 13.6. The summed E-state index contributed by atoms with van der Waals surface area (Å²) in [5, 5.41) is 0. The van der Waals surface area contributed by atoms with Crippen LogP contribution in [-0.4, -0.2) is 7.11 Å². The van der Waals surface area contributed by atoms with Gasteiger partial charge >= 0.3 is 0 Å². The Hall–Kier alpha value is -1.39. The lowest BCUT2D eigenvalue weighted by atomic mass is 9.97. The van der Waals surface area contributed by atoms with Crippen LogP contribution in [0.25, 0.3) is 0 Å². The van der Waals surface area contributed by atoms with Gasteiger partial charge in [-0.3, -0.25) is 0 Å². The van der Waals surface area contributed by atoms with E-state index in [0.717, 1.165) is 15.6 Å². The average molecular weight is 324 g/mol. The summed E-state index contributed by atoms with van der Waals surface area (Å²) >= 11 is 3.41. The van der Waals surface area contributed by atoms with Crippen LogP contribution >= 0.6 is 15.9 Å². The largest absolute Gasteiger partial charge is 0.496 e. The van der Waals surface area contributed by atoms with Crippen molar-refractivity contribution >= 4 is 15.9 Å². The van der Waals surface area contributed by atoms with Crippen molar-refractivity contribution in [3.8, 4) is 5.75 Å². The fraction of sp³-hybridized carbons (Fsp3) is 0.200. The minimum atomic E-state index is -0.428. The Bertz CT molecular complexity index is 601. The second-order valence-electron chi connectivity index (χ2n) is 4.37. The lowest BCUT2D eigenvalue weighted by Gasteiger charge is -2.17. The molecule has 0 radical (unpaired) electrons. The van der Waals surface area contributed by atoms with Gasteiger partial charge in [-0.1, -0.05) is 28.1 Å². The van der Waals surface area contributed by atoms with E-state index in [9.17, 15) is 4.39 Å². The Labute approximate surface area is 120 Å². The maximum Gasteiger partial charge on any atom is 0.126 e. The minimum Gasteiger partial charge on any atom is -0.496 e. The second kappa shape index (κ2) is 5.72. The third kappa shape index (κ3) is 2.96. The summed E-state index contributed by atoms with van der Waals surface area (Å²) in [6, 6.07) is 10.2. The van der Waals surface area contributed by atoms with Gasteiger partial charge in [0, 0.05) is 10.0 Å². The molecular formula is C15H15BrFNO. The lowest BCUT2D eigenvalue weighted by Crippen LogP contribution is -2.13. The van der Waals surface area contributed by atoms with Crippen LogP contribution < -0.4 is 10.5 Å². The predicted octanol–water partition coefficient (Wildman–Crippen LogP) is 3.95. The number of hydrogen-bond donors (Lipinski definition) is 1. The van der Waals surface area contributed by atoms with Crippen LogP contribution in [0.5, 0.6) is 5.75 Å². The quantitative estimate of drug-likeness (QED) is 0.928. The van der Waals surface area contributed by atoms with Gasteiger partial charge in [0.2, 0.25) is 0 Å². The molecule has 4 heteroatoms. The van der Waals surface area contributed by atoms with Crippen molar-refractivity contribution in [2.75, 3.05) is 7.11 Å². The first-order chi connectivity index (χ1) is 9.02. The van der Waals surface area contributed by atoms with Gasteiger partial charge < -0.3 is 10.5 Å². The molecule has 0 aliphatic carbocycles. The molecule has 2 aromatic carbocycles. The third-order valence-electron chi connectivity index (χ3n) is 3.08. The van der Waals surface area contributed by atoms with Crippen LogP contribution in [-0.2, 0) is 0 Å². The predicted molar refractivity (Wildman–Crippen MR) is 77.9 cm³/mol. The van der Waals surface area contributed by atoms with Crippen molar-refractivity contribution < 1.29 is 9.13 Å². The molecule has 0 aliphatic rings. The third-order valence-corrected chi connectivity index (χ3v) is 3.58. The summed E-state index contributed by atoms with van der Waals surface area (Å²) in [4.78, 5) is 0. The van der Waals surface area contributed by atoms with Gasteiger partial charge in [0.05, 0.1) is 13.2 Å². The highest BCUT2D eigenvalue weighted by molar-refractivity contribution is 9.10. The standard InChI is InChI=1S/C15H15BrFNO/c1-9-3-4-10(7-13(9)17)15(18)12-8-11(16)5-6-14(12)19-2/h3-8,15H,18H2,1-2H3. The molecule has 1 unspecified atom stereocenters. The molecule has 0 saturated heterocycles. The number of rotatable bonds is 3. The van der Waals surface area contributed by atoms with Gasteiger partial charge in [0.25, 0.3) is 0 Å². The van der Waals surface area contributed by atoms with E-state index in [1.165, 1.54) is 6.07 Å². The van der Waals surface area contributed by atoms with Crippen molar-refractivity contribution in [3.05, 3.63) is 63.4 Å². The summed E-state index contributed by atoms with van der Waals surface area (Å²) < 4.78 is 19.8. The van der Waals surface area contributed by atoms with Crippen LogP contribution in [0.1, 0.15) is 22.7 Å². The van der Waals surface area contributed by atoms with Crippen molar-refractivity contribution in [2.24, 2.45) is 5.73 Å². The van der Waals surface area contributed by atoms with E-state index in [1.54, 1.807) is 20.1 Å². The number of aryl methyl sites for hydroxylation is 1. The van der Waals surface area contributed by atoms with Gasteiger partial charge in [-0.25, -0.2) is 4.39 Å². The number of halogens is 2. The van der Waals surface area contributed by atoms with Crippen molar-refractivity contribution in [3.63, 3.8) is 0 Å². The Morgan fingerprint density at radius 2 is 1.95 bits per heavy atom. The van der Waals surface area contributed by atoms with E-state index in [4.69, 9.17) is 10.5 Å². The molecule has 0 spiro atoms. The van der Waals surface area contributed by atoms with Crippen LogP contribution in [0, 0.1) is 12.7 Å². The Kier molecular flexibility index (Phi) is 4.22. The van der Waals surface area contributed by atoms with Crippen LogP contribution in [0.15, 0.2) is 40.9 Å². The van der Waals surface area contributed by atoms with Crippen LogP contribution in [0.2, 0.25) is 0 Å². The monoisotopic (exact) mass is 323 g/mol. The fourth-order valence-electron chi connectivity index (χ4n) is 1.93. The molecule has 2 N–H and O–H groups in total. The molecule has 1 atom stereocenters. The summed E-state index contributed by atoms with van der Waals surface area (Å²) in [5.41, 5.74) is 8.36. The highest BCUT2D eigenvalue weighted by atomic mass is 79.9. The van der Waals surface area contributed by atoms with E-state index < -0.39 is 6.04 Å². The zero-order valence-corrected chi connectivity index (χ0v) is 12.4. The first-order valence-electron chi connectivity index (χ1n) is 5.88. The first-order valence-corrected chi connectivity index (χ1v) is 6.67. The number of hydrogen-bond acceptors (Lipinski definition) is 2. The van der Waals surface area contributed by atoms with Crippen molar-refractivity contribution in [1.82, 2.24) is 0 Å². The van der Waals surface area contributed by atoms with E-state index in [1.807, 2.05) is 24.3 Å². The lowest BCUT2D eigenvalue weighted by molar-refractivity contribution is 0.407. The SMILES string of the molecule is COc1ccc(Br)cc1C(N)c1ccc(C)c(F)c1. The fourth-order valence-corrected chi connectivity index (χ4v) is 2.31. The van der Waals surface area contributed by atoms with Crippen molar-refractivity contribution in [2.45, 2.75) is 13.0 Å². The second-order valence-corrected chi connectivity index (χ2v) is 5.29. The van der Waals surface area contributed by atoms with Crippen molar-refractivity contribution in [1.29, 1.82) is 0 Å². The molecule has 100 valence electrons. The minimum absolute atomic E-state index is 0.248. The van der Waals surface area contributed by atoms with E-state index >= 15 is 0 Å². The zero-order chi connectivity index (χ0) is 14.0. The molecule has 0 bridgehead atoms. The summed E-state index contributed by atoms with van der Waals surface area (Å²) in [5.74, 6) is 0.443. The highest BCUT2D eigenvalue weighted by Gasteiger charge is 2.15. The average Bonchev–Trinajstić information content (AvgIpc) is 2.41. The topological polar surface area (TPSA) is 35.2 Å². The van der Waals surface area contributed by atoms with Gasteiger partial charge in [-0.2, -0.15) is 0 Å². The molecule has 0 fully saturated rings. The van der Waals surface area contributed by atoms with Gasteiger partial charge in [-0.05, 0) is 42.3 Å². The molecule has 2 nitrogen and oxygen atoms in total. The molecule has 0 heterocycles. The molecule has 2 rings (SSSR count). The number of nitrogens with two attached hydrogens (primary N) is 1.